The van der Waals surface area contributed by atoms with Gasteiger partial charge >= 0.3 is 41.5 Å². The fourth-order valence-corrected chi connectivity index (χ4v) is 2.96. The first-order valence-electron chi connectivity index (χ1n) is 12.0. The number of methoxy groups -OCH3 is 1. The van der Waals surface area contributed by atoms with Crippen molar-refractivity contribution in [3.05, 3.63) is 0 Å². The van der Waals surface area contributed by atoms with Crippen LogP contribution in [-0.4, -0.2) is 55.8 Å². The minimum Gasteiger partial charge on any atom is -0.748 e. The predicted octanol–water partition coefficient (Wildman–Crippen LogP) is 1.45. The fourth-order valence-electron chi connectivity index (χ4n) is 2.01. The smallest absolute Gasteiger partial charge is 0.748 e. The quantitative estimate of drug-likeness (QED) is 0.246. The second-order valence-electron chi connectivity index (χ2n) is 11.0. The van der Waals surface area contributed by atoms with Gasteiger partial charge in [0.1, 0.15) is 0 Å². The first-order chi connectivity index (χ1) is 15.5. The monoisotopic (exact) mass is 547 g/mol. The molecule has 0 atom stereocenters. The van der Waals surface area contributed by atoms with Crippen molar-refractivity contribution in [2.75, 3.05) is 19.5 Å². The Labute approximate surface area is 242 Å². The van der Waals surface area contributed by atoms with Crippen LogP contribution in [0.2, 0.25) is 0 Å². The third kappa shape index (κ3) is 19.4. The molecule has 0 saturated carbocycles. The molecule has 0 fully saturated rings. The zero-order valence-corrected chi connectivity index (χ0v) is 28.0. The molecule has 0 heterocycles. The van der Waals surface area contributed by atoms with Crippen LogP contribution in [0.25, 0.3) is 0 Å². The minimum atomic E-state index is -4.34. The molecule has 1 amide bonds. The van der Waals surface area contributed by atoms with Crippen LogP contribution >= 0.6 is 0 Å². The van der Waals surface area contributed by atoms with Gasteiger partial charge in [0, 0.05) is 11.0 Å². The summed E-state index contributed by atoms with van der Waals surface area (Å²) in [6.45, 7) is 22.2. The summed E-state index contributed by atoms with van der Waals surface area (Å²) in [5.74, 6) is -1.09. The number of carbonyl (C=O) groups excluding carboxylic acids is 3. The Hall–Kier alpha value is -0.680. The van der Waals surface area contributed by atoms with Crippen LogP contribution in [0.3, 0.4) is 0 Å². The van der Waals surface area contributed by atoms with Crippen molar-refractivity contribution in [2.24, 2.45) is 16.2 Å². The van der Waals surface area contributed by atoms with Crippen molar-refractivity contribution >= 4 is 28.0 Å². The van der Waals surface area contributed by atoms with E-state index in [1.165, 1.54) is 21.0 Å². The summed E-state index contributed by atoms with van der Waals surface area (Å²) in [4.78, 5) is 33.7. The molecule has 0 saturated heterocycles. The van der Waals surface area contributed by atoms with Crippen LogP contribution < -0.4 is 34.9 Å². The summed E-state index contributed by atoms with van der Waals surface area (Å²) in [6, 6.07) is 0. The van der Waals surface area contributed by atoms with E-state index in [1.807, 2.05) is 55.4 Å². The van der Waals surface area contributed by atoms with Gasteiger partial charge in [0.2, 0.25) is 5.91 Å². The van der Waals surface area contributed by atoms with Gasteiger partial charge in [-0.15, -0.1) is 0 Å². The molecule has 0 bridgehead atoms. The molecule has 0 spiro atoms. The maximum Gasteiger partial charge on any atom is 1.00 e. The largest absolute Gasteiger partial charge is 1.00 e. The van der Waals surface area contributed by atoms with Gasteiger partial charge in [0.25, 0.3) is 0 Å². The second kappa shape index (κ2) is 17.8. The molecular formula is C25H50NNaO8S. The van der Waals surface area contributed by atoms with Crippen molar-refractivity contribution in [2.45, 2.75) is 108 Å². The molecule has 1 N–H and O–H groups in total. The van der Waals surface area contributed by atoms with Crippen molar-refractivity contribution in [3.63, 3.8) is 0 Å². The standard InChI is InChI=1S/C10H21NO4S.C8H16O2.C7H14O2.Na/c1-6-9(2,3)8(12)11-10(4,5)7-16(13,14)15;1-5-8(3,4)7(9)10-6-2;1-5-7(2,3)6(8)9-4;/h6-7H2,1-5H3,(H,11,12)(H,13,14,15);5-6H2,1-4H3;5H2,1-4H3;/q;;;+1/p-1. The van der Waals surface area contributed by atoms with Crippen LogP contribution in [0.4, 0.5) is 0 Å². The van der Waals surface area contributed by atoms with Gasteiger partial charge in [-0.3, -0.25) is 14.4 Å². The molecule has 0 aromatic rings. The maximum absolute atomic E-state index is 11.8. The number of nitrogens with one attached hydrogen (secondary N) is 1. The van der Waals surface area contributed by atoms with Gasteiger partial charge in [-0.1, -0.05) is 34.6 Å². The van der Waals surface area contributed by atoms with E-state index in [0.717, 1.165) is 12.8 Å². The zero-order chi connectivity index (χ0) is 28.9. The third-order valence-corrected chi connectivity index (χ3v) is 6.90. The van der Waals surface area contributed by atoms with Crippen LogP contribution in [0.1, 0.15) is 102 Å². The third-order valence-electron chi connectivity index (χ3n) is 5.82. The van der Waals surface area contributed by atoms with Gasteiger partial charge < -0.3 is 19.3 Å². The molecule has 0 aromatic heterocycles. The minimum absolute atomic E-state index is 0. The van der Waals surface area contributed by atoms with Crippen molar-refractivity contribution in [1.82, 2.24) is 5.32 Å². The van der Waals surface area contributed by atoms with E-state index in [9.17, 15) is 27.4 Å². The Morgan fingerprint density at radius 3 is 1.36 bits per heavy atom. The number of amides is 1. The summed E-state index contributed by atoms with van der Waals surface area (Å²) in [5.41, 5.74) is -2.22. The Balaban J connectivity index is -0.000000223. The Kier molecular flexibility index (Phi) is 20.9. The average Bonchev–Trinajstić information content (AvgIpc) is 2.71. The number of esters is 2. The summed E-state index contributed by atoms with van der Waals surface area (Å²) in [6.07, 6.45) is 2.28. The Morgan fingerprint density at radius 1 is 0.750 bits per heavy atom. The summed E-state index contributed by atoms with van der Waals surface area (Å²) in [5, 5.41) is 2.59. The average molecular weight is 548 g/mol. The first-order valence-corrected chi connectivity index (χ1v) is 13.6. The molecule has 0 aromatic carbocycles. The summed E-state index contributed by atoms with van der Waals surface area (Å²) >= 11 is 0. The number of rotatable bonds is 10. The SMILES string of the molecule is CCC(C)(C)C(=O)NC(C)(C)CS(=O)(=O)[O-].CCC(C)(C)C(=O)OC.CCOC(=O)C(C)(C)CC.[Na+]. The van der Waals surface area contributed by atoms with E-state index in [4.69, 9.17) is 4.74 Å². The normalized spacial score (nSPS) is 11.9. The van der Waals surface area contributed by atoms with Crippen LogP contribution in [0, 0.1) is 16.2 Å². The predicted molar refractivity (Wildman–Crippen MR) is 138 cm³/mol. The molecule has 0 rings (SSSR count). The second-order valence-corrected chi connectivity index (χ2v) is 12.4. The van der Waals surface area contributed by atoms with Gasteiger partial charge in [0.05, 0.1) is 40.4 Å². The topological polar surface area (TPSA) is 139 Å². The van der Waals surface area contributed by atoms with Crippen LogP contribution in [0.15, 0.2) is 0 Å². The van der Waals surface area contributed by atoms with Gasteiger partial charge in [-0.05, 0) is 67.7 Å². The summed E-state index contributed by atoms with van der Waals surface area (Å²) < 4.78 is 41.3. The van der Waals surface area contributed by atoms with E-state index in [2.05, 4.69) is 10.1 Å². The van der Waals surface area contributed by atoms with E-state index in [1.54, 1.807) is 13.8 Å². The molecule has 0 unspecified atom stereocenters. The molecule has 210 valence electrons. The molecule has 0 aliphatic carbocycles. The number of ether oxygens (including phenoxy) is 2. The molecule has 9 nitrogen and oxygen atoms in total. The van der Waals surface area contributed by atoms with Crippen molar-refractivity contribution in [1.29, 1.82) is 0 Å². The number of carbonyl (C=O) groups is 3. The van der Waals surface area contributed by atoms with E-state index in [-0.39, 0.29) is 58.2 Å². The molecule has 0 aliphatic rings. The fraction of sp³-hybridized carbons (Fsp3) is 0.880. The molecule has 0 aliphatic heterocycles. The van der Waals surface area contributed by atoms with Crippen LogP contribution in [0.5, 0.6) is 0 Å². The van der Waals surface area contributed by atoms with E-state index < -0.39 is 26.8 Å². The molecule has 0 radical (unpaired) electrons. The Bertz CT molecular complexity index is 775. The number of hydrogen-bond acceptors (Lipinski definition) is 8. The van der Waals surface area contributed by atoms with Crippen molar-refractivity contribution < 1.29 is 66.4 Å². The molecular weight excluding hydrogens is 497 g/mol. The van der Waals surface area contributed by atoms with Crippen molar-refractivity contribution in [3.8, 4) is 0 Å². The van der Waals surface area contributed by atoms with Gasteiger partial charge in [-0.25, -0.2) is 8.42 Å². The molecule has 36 heavy (non-hydrogen) atoms. The first kappa shape index (κ1) is 42.4. The zero-order valence-electron chi connectivity index (χ0n) is 25.2. The summed E-state index contributed by atoms with van der Waals surface area (Å²) in [7, 11) is -2.93. The van der Waals surface area contributed by atoms with Gasteiger partial charge in [-0.2, -0.15) is 0 Å². The van der Waals surface area contributed by atoms with E-state index >= 15 is 0 Å². The number of hydrogen-bond donors (Lipinski definition) is 1. The van der Waals surface area contributed by atoms with Crippen LogP contribution in [-0.2, 0) is 34.0 Å². The Morgan fingerprint density at radius 2 is 1.11 bits per heavy atom. The maximum atomic E-state index is 11.8. The van der Waals surface area contributed by atoms with Gasteiger partial charge in [0.15, 0.2) is 0 Å². The molecule has 11 heteroatoms. The van der Waals surface area contributed by atoms with E-state index in [0.29, 0.717) is 13.0 Å².